The van der Waals surface area contributed by atoms with Gasteiger partial charge in [0.1, 0.15) is 6.61 Å². The first kappa shape index (κ1) is 53.5. The molecule has 2 unspecified atom stereocenters. The van der Waals surface area contributed by atoms with Crippen molar-refractivity contribution in [2.45, 2.75) is 225 Å². The summed E-state index contributed by atoms with van der Waals surface area (Å²) in [6, 6.07) is 0. The maximum Gasteiger partial charge on any atom is 0.472 e. The van der Waals surface area contributed by atoms with Crippen LogP contribution in [0.4, 0.5) is 0 Å². The zero-order chi connectivity index (χ0) is 40.3. The van der Waals surface area contributed by atoms with Crippen molar-refractivity contribution in [1.82, 2.24) is 0 Å². The van der Waals surface area contributed by atoms with Crippen LogP contribution in [0.3, 0.4) is 0 Å². The molecule has 10 heteroatoms. The molecule has 0 saturated carbocycles. The van der Waals surface area contributed by atoms with Gasteiger partial charge in [0, 0.05) is 19.4 Å². The van der Waals surface area contributed by atoms with E-state index in [0.717, 1.165) is 51.4 Å². The molecule has 0 aromatic carbocycles. The highest BCUT2D eigenvalue weighted by Crippen LogP contribution is 2.43. The van der Waals surface area contributed by atoms with Crippen LogP contribution < -0.4 is 5.73 Å². The van der Waals surface area contributed by atoms with Gasteiger partial charge in [-0.15, -0.1) is 0 Å². The summed E-state index contributed by atoms with van der Waals surface area (Å²) in [4.78, 5) is 34.5. The van der Waals surface area contributed by atoms with Crippen molar-refractivity contribution in [3.05, 3.63) is 24.3 Å². The summed E-state index contributed by atoms with van der Waals surface area (Å²) in [7, 11) is -4.36. The summed E-state index contributed by atoms with van der Waals surface area (Å²) in [5.74, 6) is -0.835. The van der Waals surface area contributed by atoms with Gasteiger partial charge in [-0.1, -0.05) is 186 Å². The van der Waals surface area contributed by atoms with Gasteiger partial charge >= 0.3 is 19.8 Å². The van der Waals surface area contributed by atoms with Gasteiger partial charge in [-0.3, -0.25) is 18.6 Å². The van der Waals surface area contributed by atoms with Crippen LogP contribution in [0.5, 0.6) is 0 Å². The zero-order valence-corrected chi connectivity index (χ0v) is 36.6. The number of esters is 2. The van der Waals surface area contributed by atoms with Crippen LogP contribution in [0.1, 0.15) is 219 Å². The van der Waals surface area contributed by atoms with Crippen LogP contribution in [-0.2, 0) is 32.7 Å². The molecule has 0 amide bonds. The van der Waals surface area contributed by atoms with Gasteiger partial charge in [-0.2, -0.15) is 0 Å². The fourth-order valence-corrected chi connectivity index (χ4v) is 7.20. The van der Waals surface area contributed by atoms with Crippen molar-refractivity contribution in [2.75, 3.05) is 26.4 Å². The molecule has 0 aromatic heterocycles. The predicted octanol–water partition coefficient (Wildman–Crippen LogP) is 13.2. The van der Waals surface area contributed by atoms with E-state index in [1.807, 2.05) is 0 Å². The third-order valence-electron chi connectivity index (χ3n) is 9.84. The summed E-state index contributed by atoms with van der Waals surface area (Å²) in [6.45, 7) is 3.64. The summed E-state index contributed by atoms with van der Waals surface area (Å²) >= 11 is 0. The summed E-state index contributed by atoms with van der Waals surface area (Å²) < 4.78 is 32.5. The Balaban J connectivity index is 3.78. The minimum atomic E-state index is -4.36. The smallest absolute Gasteiger partial charge is 0.462 e. The largest absolute Gasteiger partial charge is 0.472 e. The Kier molecular flexibility index (Phi) is 40.9. The van der Waals surface area contributed by atoms with Crippen molar-refractivity contribution in [1.29, 1.82) is 0 Å². The quantitative estimate of drug-likeness (QED) is 0.0267. The van der Waals surface area contributed by atoms with E-state index in [1.54, 1.807) is 0 Å². The summed E-state index contributed by atoms with van der Waals surface area (Å²) in [6.07, 6.45) is 45.7. The summed E-state index contributed by atoms with van der Waals surface area (Å²) in [5, 5.41) is 0. The highest BCUT2D eigenvalue weighted by atomic mass is 31.2. The number of carbonyl (C=O) groups is 2. The first-order valence-corrected chi connectivity index (χ1v) is 24.3. The molecule has 2 atom stereocenters. The molecule has 55 heavy (non-hydrogen) atoms. The van der Waals surface area contributed by atoms with E-state index < -0.39 is 32.5 Å². The van der Waals surface area contributed by atoms with E-state index >= 15 is 0 Å². The molecule has 0 saturated heterocycles. The molecule has 0 bridgehead atoms. The van der Waals surface area contributed by atoms with Gasteiger partial charge in [0.15, 0.2) is 6.10 Å². The van der Waals surface area contributed by atoms with E-state index in [-0.39, 0.29) is 32.6 Å². The molecule has 0 fully saturated rings. The number of unbranched alkanes of at least 4 members (excludes halogenated alkanes) is 26. The first-order chi connectivity index (χ1) is 26.8. The van der Waals surface area contributed by atoms with Gasteiger partial charge < -0.3 is 20.1 Å². The molecular weight excluding hydrogens is 713 g/mol. The second kappa shape index (κ2) is 42.1. The van der Waals surface area contributed by atoms with E-state index in [2.05, 4.69) is 38.2 Å². The Morgan fingerprint density at radius 1 is 0.545 bits per heavy atom. The van der Waals surface area contributed by atoms with Gasteiger partial charge in [0.2, 0.25) is 0 Å². The van der Waals surface area contributed by atoms with Gasteiger partial charge in [0.05, 0.1) is 13.2 Å². The predicted molar refractivity (Wildman–Crippen MR) is 229 cm³/mol. The van der Waals surface area contributed by atoms with Crippen LogP contribution in [0.2, 0.25) is 0 Å². The third kappa shape index (κ3) is 41.9. The molecule has 0 aliphatic carbocycles. The lowest BCUT2D eigenvalue weighted by atomic mass is 10.0. The van der Waals surface area contributed by atoms with Crippen LogP contribution >= 0.6 is 7.82 Å². The molecule has 9 nitrogen and oxygen atoms in total. The zero-order valence-electron chi connectivity index (χ0n) is 35.7. The lowest BCUT2D eigenvalue weighted by Gasteiger charge is -2.19. The monoisotopic (exact) mass is 800 g/mol. The van der Waals surface area contributed by atoms with E-state index in [0.29, 0.717) is 6.42 Å². The average Bonchev–Trinajstić information content (AvgIpc) is 3.17. The maximum absolute atomic E-state index is 12.5. The van der Waals surface area contributed by atoms with E-state index in [4.69, 9.17) is 24.3 Å². The summed E-state index contributed by atoms with van der Waals surface area (Å²) in [5.41, 5.74) is 5.32. The van der Waals surface area contributed by atoms with Crippen molar-refractivity contribution in [3.8, 4) is 0 Å². The minimum Gasteiger partial charge on any atom is -0.462 e. The molecule has 324 valence electrons. The molecule has 3 N–H and O–H groups in total. The first-order valence-electron chi connectivity index (χ1n) is 22.8. The van der Waals surface area contributed by atoms with Crippen LogP contribution in [0.15, 0.2) is 24.3 Å². The second-order valence-corrected chi connectivity index (χ2v) is 16.7. The number of ether oxygens (including phenoxy) is 2. The topological polar surface area (TPSA) is 134 Å². The van der Waals surface area contributed by atoms with Crippen molar-refractivity contribution >= 4 is 19.8 Å². The Morgan fingerprint density at radius 3 is 1.38 bits per heavy atom. The maximum atomic E-state index is 12.5. The number of allylic oxidation sites excluding steroid dienone is 4. The Bertz CT molecular complexity index is 959. The average molecular weight is 800 g/mol. The molecule has 0 heterocycles. The van der Waals surface area contributed by atoms with Gasteiger partial charge in [-0.05, 0) is 44.9 Å². The number of hydrogen-bond donors (Lipinski definition) is 2. The molecule has 0 radical (unpaired) electrons. The number of phosphoric acid groups is 1. The number of rotatable bonds is 43. The molecule has 0 rings (SSSR count). The fourth-order valence-electron chi connectivity index (χ4n) is 6.43. The van der Waals surface area contributed by atoms with Crippen LogP contribution in [0.25, 0.3) is 0 Å². The molecular formula is C45H86NO8P. The normalized spacial score (nSPS) is 13.5. The molecule has 0 aromatic rings. The van der Waals surface area contributed by atoms with Crippen molar-refractivity contribution in [2.24, 2.45) is 5.73 Å². The fraction of sp³-hybridized carbons (Fsp3) is 0.867. The lowest BCUT2D eigenvalue weighted by Crippen LogP contribution is -2.29. The second-order valence-electron chi connectivity index (χ2n) is 15.3. The Morgan fingerprint density at radius 2 is 0.945 bits per heavy atom. The van der Waals surface area contributed by atoms with Gasteiger partial charge in [0.25, 0.3) is 0 Å². The van der Waals surface area contributed by atoms with Crippen LogP contribution in [-0.4, -0.2) is 49.3 Å². The number of hydrogen-bond acceptors (Lipinski definition) is 8. The molecule has 0 spiro atoms. The van der Waals surface area contributed by atoms with Crippen LogP contribution in [0, 0.1) is 0 Å². The number of phosphoric ester groups is 1. The number of nitrogens with two attached hydrogens (primary N) is 1. The molecule has 0 aliphatic rings. The Hall–Kier alpha value is -1.51. The highest BCUT2D eigenvalue weighted by Gasteiger charge is 2.26. The minimum absolute atomic E-state index is 0.0553. The highest BCUT2D eigenvalue weighted by molar-refractivity contribution is 7.47. The third-order valence-corrected chi connectivity index (χ3v) is 10.8. The number of carbonyl (C=O) groups excluding carboxylic acids is 2. The SMILES string of the molecule is CCCCCCC/C=C\C/C=C\CCCCCCCCCCCCCCCCCCCC(=O)OC(COC(=O)CCCCCCC)COP(=O)(O)OCCN. The van der Waals surface area contributed by atoms with Crippen molar-refractivity contribution < 1.29 is 37.6 Å². The standard InChI is InChI=1S/C45H86NO8P/c1-3-5-7-9-10-11-12-13-14-15-16-17-18-19-20-21-22-23-24-25-26-27-28-29-30-31-32-34-36-38-45(48)54-43(42-53-55(49,50)52-40-39-46)41-51-44(47)37-35-33-8-6-4-2/h12-13,15-16,43H,3-11,14,17-42,46H2,1-2H3,(H,49,50)/b13-12-,16-15-. The lowest BCUT2D eigenvalue weighted by molar-refractivity contribution is -0.161. The van der Waals surface area contributed by atoms with Gasteiger partial charge in [-0.25, -0.2) is 4.57 Å². The van der Waals surface area contributed by atoms with E-state index in [1.165, 1.54) is 135 Å². The molecule has 0 aliphatic heterocycles. The van der Waals surface area contributed by atoms with E-state index in [9.17, 15) is 19.0 Å². The van der Waals surface area contributed by atoms with Crippen molar-refractivity contribution in [3.63, 3.8) is 0 Å². The Labute approximate surface area is 338 Å².